The Balaban J connectivity index is 1.90. The number of hydrogen-bond donors (Lipinski definition) is 2. The summed E-state index contributed by atoms with van der Waals surface area (Å²) in [6.07, 6.45) is 1.34. The molecular formula is C13H8Cl2N4OS. The number of halogens is 2. The Kier molecular flexibility index (Phi) is 3.67. The summed E-state index contributed by atoms with van der Waals surface area (Å²) in [4.78, 5) is 20.3. The number of nitrogens with zero attached hydrogens (tertiary/aromatic N) is 2. The number of rotatable bonds is 2. The number of pyridine rings is 1. The van der Waals surface area contributed by atoms with Gasteiger partial charge in [0.25, 0.3) is 5.91 Å². The minimum Gasteiger partial charge on any atom is -0.397 e. The number of anilines is 2. The molecule has 3 aromatic rings. The van der Waals surface area contributed by atoms with Crippen molar-refractivity contribution in [1.29, 1.82) is 0 Å². The molecule has 3 N–H and O–H groups in total. The Morgan fingerprint density at radius 2 is 2.10 bits per heavy atom. The summed E-state index contributed by atoms with van der Waals surface area (Å²) >= 11 is 13.0. The SMILES string of the molecule is Nc1cnc(Cl)cc1C(=O)Nc1nc2ccc(Cl)cc2s1. The molecule has 106 valence electrons. The van der Waals surface area contributed by atoms with Gasteiger partial charge in [-0.15, -0.1) is 0 Å². The van der Waals surface area contributed by atoms with E-state index < -0.39 is 0 Å². The maximum Gasteiger partial charge on any atom is 0.259 e. The molecule has 0 radical (unpaired) electrons. The lowest BCUT2D eigenvalue weighted by Crippen LogP contribution is -2.14. The van der Waals surface area contributed by atoms with Crippen molar-refractivity contribution in [3.05, 3.63) is 46.2 Å². The fraction of sp³-hybridized carbons (Fsp3) is 0. The predicted molar refractivity (Wildman–Crippen MR) is 86.2 cm³/mol. The molecule has 3 rings (SSSR count). The molecule has 0 aliphatic carbocycles. The van der Waals surface area contributed by atoms with Crippen molar-refractivity contribution in [3.8, 4) is 0 Å². The van der Waals surface area contributed by atoms with Gasteiger partial charge in [-0.25, -0.2) is 9.97 Å². The third-order valence-electron chi connectivity index (χ3n) is 2.72. The van der Waals surface area contributed by atoms with E-state index in [-0.39, 0.29) is 22.3 Å². The highest BCUT2D eigenvalue weighted by atomic mass is 35.5. The van der Waals surface area contributed by atoms with E-state index in [1.54, 1.807) is 18.2 Å². The van der Waals surface area contributed by atoms with Gasteiger partial charge < -0.3 is 5.73 Å². The molecule has 0 atom stereocenters. The van der Waals surface area contributed by atoms with Crippen molar-refractivity contribution < 1.29 is 4.79 Å². The lowest BCUT2D eigenvalue weighted by atomic mass is 10.2. The first-order valence-electron chi connectivity index (χ1n) is 5.81. The summed E-state index contributed by atoms with van der Waals surface area (Å²) in [7, 11) is 0. The molecule has 5 nitrogen and oxygen atoms in total. The van der Waals surface area contributed by atoms with Gasteiger partial charge in [0.05, 0.1) is 27.7 Å². The monoisotopic (exact) mass is 338 g/mol. The van der Waals surface area contributed by atoms with E-state index in [1.807, 2.05) is 0 Å². The van der Waals surface area contributed by atoms with Gasteiger partial charge in [-0.1, -0.05) is 34.5 Å². The van der Waals surface area contributed by atoms with E-state index in [2.05, 4.69) is 15.3 Å². The van der Waals surface area contributed by atoms with Crippen molar-refractivity contribution >= 4 is 61.5 Å². The topological polar surface area (TPSA) is 80.9 Å². The van der Waals surface area contributed by atoms with Crippen LogP contribution in [0.25, 0.3) is 10.2 Å². The molecular weight excluding hydrogens is 331 g/mol. The van der Waals surface area contributed by atoms with Gasteiger partial charge in [0.1, 0.15) is 5.15 Å². The maximum atomic E-state index is 12.2. The average Bonchev–Trinajstić information content (AvgIpc) is 2.82. The van der Waals surface area contributed by atoms with Gasteiger partial charge in [-0.05, 0) is 24.3 Å². The van der Waals surface area contributed by atoms with Crippen molar-refractivity contribution in [3.63, 3.8) is 0 Å². The predicted octanol–water partition coefficient (Wildman–Crippen LogP) is 3.83. The normalized spacial score (nSPS) is 10.8. The van der Waals surface area contributed by atoms with E-state index in [1.165, 1.54) is 23.6 Å². The van der Waals surface area contributed by atoms with Crippen LogP contribution in [0.3, 0.4) is 0 Å². The van der Waals surface area contributed by atoms with E-state index in [9.17, 15) is 4.79 Å². The Morgan fingerprint density at radius 1 is 1.29 bits per heavy atom. The number of thiazole rings is 1. The molecule has 0 fully saturated rings. The molecule has 1 aromatic carbocycles. The van der Waals surface area contributed by atoms with Crippen LogP contribution in [0.4, 0.5) is 10.8 Å². The molecule has 0 saturated heterocycles. The number of benzene rings is 1. The van der Waals surface area contributed by atoms with Gasteiger partial charge >= 0.3 is 0 Å². The fourth-order valence-corrected chi connectivity index (χ4v) is 3.05. The largest absolute Gasteiger partial charge is 0.397 e. The number of nitrogens with two attached hydrogens (primary N) is 1. The molecule has 0 spiro atoms. The zero-order valence-electron chi connectivity index (χ0n) is 10.4. The number of hydrogen-bond acceptors (Lipinski definition) is 5. The smallest absolute Gasteiger partial charge is 0.259 e. The van der Waals surface area contributed by atoms with Gasteiger partial charge in [0.15, 0.2) is 5.13 Å². The number of aromatic nitrogens is 2. The molecule has 0 unspecified atom stereocenters. The number of carbonyl (C=O) groups is 1. The van der Waals surface area contributed by atoms with Gasteiger partial charge in [-0.3, -0.25) is 10.1 Å². The Hall–Kier alpha value is -1.89. The van der Waals surface area contributed by atoms with Gasteiger partial charge in [-0.2, -0.15) is 0 Å². The first-order valence-corrected chi connectivity index (χ1v) is 7.38. The fourth-order valence-electron chi connectivity index (χ4n) is 1.75. The van der Waals surface area contributed by atoms with Crippen molar-refractivity contribution in [1.82, 2.24) is 9.97 Å². The van der Waals surface area contributed by atoms with Crippen LogP contribution in [0.1, 0.15) is 10.4 Å². The van der Waals surface area contributed by atoms with Crippen molar-refractivity contribution in [2.24, 2.45) is 0 Å². The van der Waals surface area contributed by atoms with Crippen LogP contribution in [0.15, 0.2) is 30.5 Å². The van der Waals surface area contributed by atoms with Crippen LogP contribution in [0.2, 0.25) is 10.2 Å². The molecule has 2 aromatic heterocycles. The first kappa shape index (κ1) is 14.1. The number of amides is 1. The van der Waals surface area contributed by atoms with Crippen molar-refractivity contribution in [2.45, 2.75) is 0 Å². The van der Waals surface area contributed by atoms with Gasteiger partial charge in [0, 0.05) is 5.02 Å². The summed E-state index contributed by atoms with van der Waals surface area (Å²) in [5.41, 5.74) is 6.99. The molecule has 0 bridgehead atoms. The summed E-state index contributed by atoms with van der Waals surface area (Å²) in [6.45, 7) is 0. The molecule has 2 heterocycles. The zero-order chi connectivity index (χ0) is 15.0. The zero-order valence-corrected chi connectivity index (χ0v) is 12.8. The molecule has 21 heavy (non-hydrogen) atoms. The molecule has 8 heteroatoms. The standard InChI is InChI=1S/C13H8Cl2N4OS/c14-6-1-2-9-10(3-6)21-13(18-9)19-12(20)7-4-11(15)17-5-8(7)16/h1-5H,16H2,(H,18,19,20). The van der Waals surface area contributed by atoms with Gasteiger partial charge in [0.2, 0.25) is 0 Å². The van der Waals surface area contributed by atoms with Crippen LogP contribution < -0.4 is 11.1 Å². The van der Waals surface area contributed by atoms with Crippen LogP contribution >= 0.6 is 34.5 Å². The highest BCUT2D eigenvalue weighted by molar-refractivity contribution is 7.22. The highest BCUT2D eigenvalue weighted by Gasteiger charge is 2.13. The van der Waals surface area contributed by atoms with Crippen LogP contribution in [-0.4, -0.2) is 15.9 Å². The third-order valence-corrected chi connectivity index (χ3v) is 4.09. The van der Waals surface area contributed by atoms with Crippen LogP contribution in [0, 0.1) is 0 Å². The Labute approximate surface area is 133 Å². The summed E-state index contributed by atoms with van der Waals surface area (Å²) in [5.74, 6) is -0.387. The van der Waals surface area contributed by atoms with E-state index in [4.69, 9.17) is 28.9 Å². The average molecular weight is 339 g/mol. The second-order valence-electron chi connectivity index (χ2n) is 4.18. The Morgan fingerprint density at radius 3 is 2.90 bits per heavy atom. The maximum absolute atomic E-state index is 12.2. The second kappa shape index (κ2) is 5.48. The number of nitrogen functional groups attached to an aromatic ring is 1. The van der Waals surface area contributed by atoms with E-state index >= 15 is 0 Å². The number of carbonyl (C=O) groups excluding carboxylic acids is 1. The third kappa shape index (κ3) is 2.92. The first-order chi connectivity index (χ1) is 10.0. The molecule has 0 aliphatic rings. The summed E-state index contributed by atoms with van der Waals surface area (Å²) in [6, 6.07) is 6.75. The second-order valence-corrected chi connectivity index (χ2v) is 6.03. The minimum atomic E-state index is -0.387. The highest BCUT2D eigenvalue weighted by Crippen LogP contribution is 2.29. The number of fused-ring (bicyclic) bond motifs is 1. The summed E-state index contributed by atoms with van der Waals surface area (Å²) < 4.78 is 0.888. The molecule has 0 aliphatic heterocycles. The summed E-state index contributed by atoms with van der Waals surface area (Å²) in [5, 5.41) is 3.98. The quantitative estimate of drug-likeness (QED) is 0.695. The van der Waals surface area contributed by atoms with Crippen molar-refractivity contribution in [2.75, 3.05) is 11.1 Å². The Bertz CT molecular complexity index is 849. The van der Waals surface area contributed by atoms with Crippen LogP contribution in [-0.2, 0) is 0 Å². The lowest BCUT2D eigenvalue weighted by Gasteiger charge is -2.04. The lowest BCUT2D eigenvalue weighted by molar-refractivity contribution is 0.102. The molecule has 1 amide bonds. The minimum absolute atomic E-state index is 0.199. The van der Waals surface area contributed by atoms with E-state index in [0.717, 1.165) is 10.2 Å². The van der Waals surface area contributed by atoms with Crippen LogP contribution in [0.5, 0.6) is 0 Å². The number of nitrogens with one attached hydrogen (secondary N) is 1. The van der Waals surface area contributed by atoms with E-state index in [0.29, 0.717) is 10.2 Å². The molecule has 0 saturated carbocycles.